The molecule has 0 unspecified atom stereocenters. The summed E-state index contributed by atoms with van der Waals surface area (Å²) in [6, 6.07) is 0. The van der Waals surface area contributed by atoms with Gasteiger partial charge in [0, 0.05) is 20.1 Å². The van der Waals surface area contributed by atoms with Crippen LogP contribution in [0.1, 0.15) is 0 Å². The van der Waals surface area contributed by atoms with Gasteiger partial charge >= 0.3 is 0 Å². The van der Waals surface area contributed by atoms with Crippen LogP contribution in [0.25, 0.3) is 0 Å². The van der Waals surface area contributed by atoms with Gasteiger partial charge in [-0.25, -0.2) is 4.98 Å². The van der Waals surface area contributed by atoms with Crippen molar-refractivity contribution < 1.29 is 4.74 Å². The maximum absolute atomic E-state index is 5.13. The zero-order valence-electron chi connectivity index (χ0n) is 10.1. The lowest BCUT2D eigenvalue weighted by molar-refractivity contribution is 0.392. The fraction of sp³-hybridized carbons (Fsp3) is 0.600. The van der Waals surface area contributed by atoms with Crippen LogP contribution >= 0.6 is 15.9 Å². The van der Waals surface area contributed by atoms with E-state index < -0.39 is 0 Å². The molecule has 1 aromatic rings. The van der Waals surface area contributed by atoms with Crippen molar-refractivity contribution in [1.82, 2.24) is 14.9 Å². The van der Waals surface area contributed by atoms with E-state index in [1.54, 1.807) is 13.3 Å². The third-order valence-electron chi connectivity index (χ3n) is 2.12. The Morgan fingerprint density at radius 3 is 2.56 bits per heavy atom. The Bertz CT molecular complexity index is 346. The second-order valence-corrected chi connectivity index (χ2v) is 4.61. The minimum absolute atomic E-state index is 0.557. The van der Waals surface area contributed by atoms with Crippen LogP contribution in [-0.4, -0.2) is 56.2 Å². The number of ether oxygens (including phenoxy) is 1. The summed E-state index contributed by atoms with van der Waals surface area (Å²) in [5.74, 6) is 1.23. The summed E-state index contributed by atoms with van der Waals surface area (Å²) in [4.78, 5) is 12.6. The van der Waals surface area contributed by atoms with E-state index in [4.69, 9.17) is 4.74 Å². The number of anilines is 1. The van der Waals surface area contributed by atoms with Gasteiger partial charge in [0.25, 0.3) is 0 Å². The highest BCUT2D eigenvalue weighted by Gasteiger charge is 2.08. The van der Waals surface area contributed by atoms with Crippen LogP contribution in [0.2, 0.25) is 0 Å². The lowest BCUT2D eigenvalue weighted by Crippen LogP contribution is -2.29. The normalized spacial score (nSPS) is 10.6. The van der Waals surface area contributed by atoms with Crippen molar-refractivity contribution in [2.24, 2.45) is 0 Å². The van der Waals surface area contributed by atoms with E-state index in [0.717, 1.165) is 17.6 Å². The topological polar surface area (TPSA) is 41.5 Å². The van der Waals surface area contributed by atoms with E-state index in [1.165, 1.54) is 0 Å². The number of hydrogen-bond donors (Lipinski definition) is 0. The van der Waals surface area contributed by atoms with Gasteiger partial charge < -0.3 is 14.5 Å². The highest BCUT2D eigenvalue weighted by atomic mass is 79.9. The van der Waals surface area contributed by atoms with Crippen molar-refractivity contribution in [3.8, 4) is 5.88 Å². The van der Waals surface area contributed by atoms with Crippen molar-refractivity contribution in [3.05, 3.63) is 10.7 Å². The lowest BCUT2D eigenvalue weighted by atomic mass is 10.5. The van der Waals surface area contributed by atoms with Gasteiger partial charge in [0.2, 0.25) is 11.8 Å². The first kappa shape index (κ1) is 13.2. The van der Waals surface area contributed by atoms with Gasteiger partial charge in [0.05, 0.1) is 17.8 Å². The largest absolute Gasteiger partial charge is 0.480 e. The summed E-state index contributed by atoms with van der Waals surface area (Å²) in [6.45, 7) is 1.83. The van der Waals surface area contributed by atoms with Crippen LogP contribution in [0.4, 0.5) is 5.95 Å². The van der Waals surface area contributed by atoms with E-state index in [0.29, 0.717) is 11.8 Å². The molecule has 0 spiro atoms. The number of aromatic nitrogens is 2. The Morgan fingerprint density at radius 1 is 1.31 bits per heavy atom. The highest BCUT2D eigenvalue weighted by molar-refractivity contribution is 9.10. The minimum Gasteiger partial charge on any atom is -0.480 e. The van der Waals surface area contributed by atoms with E-state index >= 15 is 0 Å². The number of halogens is 1. The second kappa shape index (κ2) is 6.00. The molecule has 0 atom stereocenters. The van der Waals surface area contributed by atoms with Crippen molar-refractivity contribution in [2.45, 2.75) is 0 Å². The van der Waals surface area contributed by atoms with Crippen molar-refractivity contribution in [3.63, 3.8) is 0 Å². The Hall–Kier alpha value is -0.880. The molecule has 0 aromatic carbocycles. The summed E-state index contributed by atoms with van der Waals surface area (Å²) in [7, 11) is 7.64. The molecule has 0 aliphatic rings. The zero-order valence-corrected chi connectivity index (χ0v) is 11.7. The molecule has 0 N–H and O–H groups in total. The van der Waals surface area contributed by atoms with Crippen LogP contribution < -0.4 is 9.64 Å². The van der Waals surface area contributed by atoms with Gasteiger partial charge in [-0.2, -0.15) is 4.98 Å². The van der Waals surface area contributed by atoms with Gasteiger partial charge in [-0.3, -0.25) is 0 Å². The predicted molar refractivity (Wildman–Crippen MR) is 68.1 cm³/mol. The maximum atomic E-state index is 5.13. The quantitative estimate of drug-likeness (QED) is 0.816. The monoisotopic (exact) mass is 288 g/mol. The molecule has 0 saturated heterocycles. The molecule has 0 amide bonds. The third kappa shape index (κ3) is 3.61. The first-order valence-electron chi connectivity index (χ1n) is 4.97. The van der Waals surface area contributed by atoms with E-state index in [9.17, 15) is 0 Å². The Morgan fingerprint density at radius 2 is 2.00 bits per heavy atom. The Balaban J connectivity index is 2.72. The Kier molecular flexibility index (Phi) is 4.95. The zero-order chi connectivity index (χ0) is 12.1. The molecule has 1 aromatic heterocycles. The summed E-state index contributed by atoms with van der Waals surface area (Å²) in [5.41, 5.74) is 0. The van der Waals surface area contributed by atoms with Gasteiger partial charge in [0.1, 0.15) is 0 Å². The summed E-state index contributed by atoms with van der Waals surface area (Å²) in [6.07, 6.45) is 1.70. The van der Waals surface area contributed by atoms with E-state index in [2.05, 4.69) is 30.8 Å². The Labute approximate surface area is 105 Å². The van der Waals surface area contributed by atoms with Gasteiger partial charge in [-0.15, -0.1) is 0 Å². The smallest absolute Gasteiger partial charge is 0.232 e. The SMILES string of the molecule is COc1nc(N(C)CCN(C)C)ncc1Br. The van der Waals surface area contributed by atoms with Crippen molar-refractivity contribution in [2.75, 3.05) is 46.2 Å². The molecule has 0 aliphatic carbocycles. The number of hydrogen-bond acceptors (Lipinski definition) is 5. The van der Waals surface area contributed by atoms with E-state index in [1.807, 2.05) is 26.0 Å². The molecule has 0 fully saturated rings. The molecule has 1 rings (SSSR count). The number of rotatable bonds is 5. The average Bonchev–Trinajstić information content (AvgIpc) is 2.26. The molecule has 0 bridgehead atoms. The molecule has 0 aliphatic heterocycles. The second-order valence-electron chi connectivity index (χ2n) is 3.75. The van der Waals surface area contributed by atoms with Crippen LogP contribution in [0, 0.1) is 0 Å². The fourth-order valence-electron chi connectivity index (χ4n) is 1.12. The van der Waals surface area contributed by atoms with Crippen molar-refractivity contribution >= 4 is 21.9 Å². The molecular formula is C10H17BrN4O. The first-order chi connectivity index (χ1) is 7.54. The summed E-state index contributed by atoms with van der Waals surface area (Å²) >= 11 is 3.33. The van der Waals surface area contributed by atoms with Gasteiger partial charge in [-0.1, -0.05) is 0 Å². The maximum Gasteiger partial charge on any atom is 0.232 e. The molecule has 1 heterocycles. The first-order valence-corrected chi connectivity index (χ1v) is 5.76. The van der Waals surface area contributed by atoms with Crippen LogP contribution in [-0.2, 0) is 0 Å². The van der Waals surface area contributed by atoms with Crippen LogP contribution in [0.3, 0.4) is 0 Å². The molecule has 0 radical (unpaired) electrons. The van der Waals surface area contributed by atoms with Gasteiger partial charge in [-0.05, 0) is 30.0 Å². The molecule has 16 heavy (non-hydrogen) atoms. The molecular weight excluding hydrogens is 272 g/mol. The summed E-state index contributed by atoms with van der Waals surface area (Å²) < 4.78 is 5.89. The van der Waals surface area contributed by atoms with Crippen molar-refractivity contribution in [1.29, 1.82) is 0 Å². The molecule has 6 heteroatoms. The third-order valence-corrected chi connectivity index (χ3v) is 2.66. The molecule has 90 valence electrons. The number of methoxy groups -OCH3 is 1. The lowest BCUT2D eigenvalue weighted by Gasteiger charge is -2.19. The van der Waals surface area contributed by atoms with Gasteiger partial charge in [0.15, 0.2) is 0 Å². The highest BCUT2D eigenvalue weighted by Crippen LogP contribution is 2.22. The predicted octanol–water partition coefficient (Wildman–Crippen LogP) is 1.25. The number of nitrogens with zero attached hydrogens (tertiary/aromatic N) is 4. The minimum atomic E-state index is 0.557. The number of likely N-dealkylation sites (N-methyl/N-ethyl adjacent to an activating group) is 2. The van der Waals surface area contributed by atoms with E-state index in [-0.39, 0.29) is 0 Å². The standard InChI is InChI=1S/C10H17BrN4O/c1-14(2)5-6-15(3)10-12-7-8(11)9(13-10)16-4/h7H,5-6H2,1-4H3. The molecule has 5 nitrogen and oxygen atoms in total. The van der Waals surface area contributed by atoms with Crippen LogP contribution in [0.15, 0.2) is 10.7 Å². The molecule has 0 saturated carbocycles. The van der Waals surface area contributed by atoms with Crippen LogP contribution in [0.5, 0.6) is 5.88 Å². The summed E-state index contributed by atoms with van der Waals surface area (Å²) in [5, 5.41) is 0. The fourth-order valence-corrected chi connectivity index (χ4v) is 1.47. The average molecular weight is 289 g/mol.